The van der Waals surface area contributed by atoms with Crippen LogP contribution < -0.4 is 10.9 Å². The molecule has 1 aromatic rings. The molecule has 40 heavy (non-hydrogen) atoms. The monoisotopic (exact) mass is 554 g/mol. The molecule has 1 saturated heterocycles. The third-order valence-electron chi connectivity index (χ3n) is 11.4. The van der Waals surface area contributed by atoms with Gasteiger partial charge >= 0.3 is 11.8 Å². The number of piperazine rings is 1. The van der Waals surface area contributed by atoms with Gasteiger partial charge in [0.1, 0.15) is 12.7 Å². The highest BCUT2D eigenvalue weighted by Crippen LogP contribution is 2.70. The van der Waals surface area contributed by atoms with E-state index in [1.165, 1.54) is 11.6 Å². The Balaban J connectivity index is 1.10. The Morgan fingerprint density at radius 2 is 1.98 bits per heavy atom. The number of rotatable bonds is 5. The fourth-order valence-electron chi connectivity index (χ4n) is 9.16. The fourth-order valence-corrected chi connectivity index (χ4v) is 9.16. The normalized spacial score (nSPS) is 39.3. The molecule has 1 aromatic heterocycles. The number of ether oxygens (including phenoxy) is 2. The Kier molecular flexibility index (Phi) is 7.10. The predicted octanol–water partition coefficient (Wildman–Crippen LogP) is 3.75. The molecule has 3 saturated carbocycles. The first kappa shape index (κ1) is 27.5. The van der Waals surface area contributed by atoms with Crippen molar-refractivity contribution < 1.29 is 28.6 Å². The molecule has 0 spiro atoms. The molecular weight excluding hydrogens is 512 g/mol. The number of hydrogen-bond donors (Lipinski definition) is 2. The molecule has 0 radical (unpaired) electrons. The van der Waals surface area contributed by atoms with E-state index in [0.717, 1.165) is 63.5 Å². The first-order chi connectivity index (χ1) is 19.1. The predicted molar refractivity (Wildman–Crippen MR) is 147 cm³/mol. The van der Waals surface area contributed by atoms with Crippen LogP contribution in [0.4, 0.5) is 4.79 Å². The van der Waals surface area contributed by atoms with Crippen molar-refractivity contribution in [3.8, 4) is 0 Å². The van der Waals surface area contributed by atoms with E-state index in [2.05, 4.69) is 25.2 Å². The van der Waals surface area contributed by atoms with Gasteiger partial charge in [-0.2, -0.15) is 0 Å². The molecule has 218 valence electrons. The molecule has 4 fully saturated rings. The summed E-state index contributed by atoms with van der Waals surface area (Å²) in [5.41, 5.74) is 1.00. The van der Waals surface area contributed by atoms with Crippen molar-refractivity contribution >= 4 is 12.1 Å². The van der Waals surface area contributed by atoms with Gasteiger partial charge in [-0.25, -0.2) is 9.59 Å². The number of aliphatic hydroxyl groups is 1. The van der Waals surface area contributed by atoms with E-state index in [1.54, 1.807) is 6.26 Å². The molecule has 1 amide bonds. The van der Waals surface area contributed by atoms with Crippen molar-refractivity contribution in [2.75, 3.05) is 32.8 Å². The van der Waals surface area contributed by atoms with Gasteiger partial charge in [0.25, 0.3) is 0 Å². The lowest BCUT2D eigenvalue weighted by molar-refractivity contribution is -0.178. The molecule has 6 rings (SSSR count). The second kappa shape index (κ2) is 10.3. The molecule has 9 nitrogen and oxygen atoms in total. The number of fused-ring (bicyclic) bond motifs is 5. The molecule has 7 atom stereocenters. The molecule has 5 aliphatic rings. The van der Waals surface area contributed by atoms with E-state index < -0.39 is 11.8 Å². The van der Waals surface area contributed by atoms with Crippen LogP contribution in [0.3, 0.4) is 0 Å². The molecule has 9 heteroatoms. The average molecular weight is 555 g/mol. The maximum absolute atomic E-state index is 12.4. The lowest BCUT2D eigenvalue weighted by atomic mass is 9.45. The summed E-state index contributed by atoms with van der Waals surface area (Å²) >= 11 is 0. The highest BCUT2D eigenvalue weighted by atomic mass is 16.7. The second-order valence-corrected chi connectivity index (χ2v) is 13.1. The van der Waals surface area contributed by atoms with Crippen LogP contribution in [0.5, 0.6) is 0 Å². The first-order valence-electron chi connectivity index (χ1n) is 15.0. The molecular formula is C31H42N2O7. The summed E-state index contributed by atoms with van der Waals surface area (Å²) in [5, 5.41) is 15.2. The number of carbonyl (C=O) groups excluding carboxylic acids is 2. The quantitative estimate of drug-likeness (QED) is 0.417. The topological polar surface area (TPSA) is 118 Å². The number of allylic oxidation sites excluding steroid dienone is 1. The summed E-state index contributed by atoms with van der Waals surface area (Å²) in [4.78, 5) is 37.5. The third-order valence-corrected chi connectivity index (χ3v) is 11.4. The van der Waals surface area contributed by atoms with Crippen LogP contribution in [0.1, 0.15) is 76.7 Å². The van der Waals surface area contributed by atoms with Crippen LogP contribution >= 0.6 is 0 Å². The van der Waals surface area contributed by atoms with Gasteiger partial charge in [0, 0.05) is 31.1 Å². The van der Waals surface area contributed by atoms with Crippen molar-refractivity contribution in [1.82, 2.24) is 10.2 Å². The Labute approximate surface area is 235 Å². The van der Waals surface area contributed by atoms with E-state index in [4.69, 9.17) is 13.9 Å². The van der Waals surface area contributed by atoms with E-state index >= 15 is 0 Å². The minimum atomic E-state index is -0.753. The number of carbonyl (C=O) groups is 2. The lowest BCUT2D eigenvalue weighted by Crippen LogP contribution is -2.60. The van der Waals surface area contributed by atoms with Gasteiger partial charge < -0.3 is 24.3 Å². The molecule has 0 aromatic carbocycles. The smallest absolute Gasteiger partial charge is 0.433 e. The highest BCUT2D eigenvalue weighted by molar-refractivity contribution is 5.78. The number of amides is 1. The summed E-state index contributed by atoms with van der Waals surface area (Å²) in [5.74, 6) is 0.768. The second-order valence-electron chi connectivity index (χ2n) is 13.1. The van der Waals surface area contributed by atoms with Gasteiger partial charge in [0.2, 0.25) is 5.91 Å². The SMILES string of the molecule is C[C@]12CC[C@H](OC(=O)OCCN3CCNC(=O)C3)C=C1CC[C@@H]1[C@@H]2CC[C@]2(C)[C@@H](c3ccc(=O)oc3)CC[C@]12O. The minimum absolute atomic E-state index is 0.00560. The number of nitrogens with zero attached hydrogens (tertiary/aromatic N) is 1. The van der Waals surface area contributed by atoms with Crippen molar-refractivity contribution in [2.45, 2.75) is 82.8 Å². The maximum atomic E-state index is 12.4. The Morgan fingerprint density at radius 1 is 1.12 bits per heavy atom. The van der Waals surface area contributed by atoms with Crippen molar-refractivity contribution in [3.05, 3.63) is 46.0 Å². The molecule has 4 aliphatic carbocycles. The van der Waals surface area contributed by atoms with Gasteiger partial charge in [0.15, 0.2) is 0 Å². The standard InChI is InChI=1S/C31H42N2O7/c1-29-10-7-22(40-28(36)38-16-15-33-14-13-32-26(34)18-33)17-21(29)4-5-25-24(29)8-11-30(2)23(9-12-31(25,30)37)20-3-6-27(35)39-19-20/h3,6,17,19,22-25,37H,4-5,7-16,18H2,1-2H3,(H,32,34)/t22-,23+,24-,25+,29-,30+,31-/m0/s1. The third kappa shape index (κ3) is 4.59. The number of hydrogen-bond acceptors (Lipinski definition) is 8. The summed E-state index contributed by atoms with van der Waals surface area (Å²) < 4.78 is 16.2. The average Bonchev–Trinajstić information content (AvgIpc) is 3.20. The molecule has 2 heterocycles. The Bertz CT molecular complexity index is 1220. The maximum Gasteiger partial charge on any atom is 0.508 e. The molecule has 2 N–H and O–H groups in total. The van der Waals surface area contributed by atoms with Crippen LogP contribution in [0, 0.1) is 22.7 Å². The zero-order valence-corrected chi connectivity index (χ0v) is 23.7. The summed E-state index contributed by atoms with van der Waals surface area (Å²) in [6.07, 6.45) is 9.92. The van der Waals surface area contributed by atoms with Crippen molar-refractivity contribution in [3.63, 3.8) is 0 Å². The van der Waals surface area contributed by atoms with Crippen LogP contribution in [0.15, 0.2) is 39.3 Å². The van der Waals surface area contributed by atoms with Gasteiger partial charge in [0.05, 0.1) is 18.4 Å². The minimum Gasteiger partial charge on any atom is -0.433 e. The molecule has 1 aliphatic heterocycles. The van der Waals surface area contributed by atoms with Crippen LogP contribution in [-0.2, 0) is 14.3 Å². The molecule has 0 unspecified atom stereocenters. The zero-order valence-electron chi connectivity index (χ0n) is 23.7. The van der Waals surface area contributed by atoms with E-state index in [-0.39, 0.29) is 46.9 Å². The zero-order chi connectivity index (χ0) is 28.1. The largest absolute Gasteiger partial charge is 0.508 e. The van der Waals surface area contributed by atoms with Crippen LogP contribution in [0.2, 0.25) is 0 Å². The van der Waals surface area contributed by atoms with Crippen LogP contribution in [0.25, 0.3) is 0 Å². The first-order valence-corrected chi connectivity index (χ1v) is 15.0. The summed E-state index contributed by atoms with van der Waals surface area (Å²) in [6.45, 7) is 7.00. The summed E-state index contributed by atoms with van der Waals surface area (Å²) in [7, 11) is 0. The van der Waals surface area contributed by atoms with E-state index in [0.29, 0.717) is 25.6 Å². The Morgan fingerprint density at radius 3 is 2.75 bits per heavy atom. The van der Waals surface area contributed by atoms with Gasteiger partial charge in [-0.1, -0.05) is 19.4 Å². The van der Waals surface area contributed by atoms with Crippen molar-refractivity contribution in [2.24, 2.45) is 22.7 Å². The van der Waals surface area contributed by atoms with Gasteiger partial charge in [-0.05, 0) is 92.2 Å². The Hall–Kier alpha value is -2.65. The van der Waals surface area contributed by atoms with Gasteiger partial charge in [-0.3, -0.25) is 9.69 Å². The molecule has 0 bridgehead atoms. The highest BCUT2D eigenvalue weighted by Gasteiger charge is 2.66. The number of nitrogens with one attached hydrogen (secondary N) is 1. The van der Waals surface area contributed by atoms with Gasteiger partial charge in [-0.15, -0.1) is 0 Å². The van der Waals surface area contributed by atoms with Crippen molar-refractivity contribution in [1.29, 1.82) is 0 Å². The lowest BCUT2D eigenvalue weighted by Gasteiger charge is -2.61. The van der Waals surface area contributed by atoms with E-state index in [9.17, 15) is 19.5 Å². The van der Waals surface area contributed by atoms with Crippen LogP contribution in [-0.4, -0.2) is 66.6 Å². The summed E-state index contributed by atoms with van der Waals surface area (Å²) in [6, 6.07) is 3.37. The van der Waals surface area contributed by atoms with E-state index in [1.807, 2.05) is 11.0 Å². The fraction of sp³-hybridized carbons (Fsp3) is 0.710.